The summed E-state index contributed by atoms with van der Waals surface area (Å²) < 4.78 is 31.0. The summed E-state index contributed by atoms with van der Waals surface area (Å²) in [6, 6.07) is 9.62. The summed E-state index contributed by atoms with van der Waals surface area (Å²) in [4.78, 5) is 3.78. The zero-order valence-electron chi connectivity index (χ0n) is 12.7. The highest BCUT2D eigenvalue weighted by Gasteiger charge is 2.24. The summed E-state index contributed by atoms with van der Waals surface area (Å²) >= 11 is 5.66. The third kappa shape index (κ3) is 4.20. The summed E-state index contributed by atoms with van der Waals surface area (Å²) in [6.45, 7) is -0.0991. The van der Waals surface area contributed by atoms with Crippen molar-refractivity contribution in [2.24, 2.45) is 0 Å². The first-order chi connectivity index (χ1) is 10.8. The van der Waals surface area contributed by atoms with E-state index in [1.54, 1.807) is 24.3 Å². The lowest BCUT2D eigenvalue weighted by atomic mass is 10.1. The minimum Gasteiger partial charge on any atom is -0.497 e. The molecule has 0 amide bonds. The van der Waals surface area contributed by atoms with Crippen molar-refractivity contribution in [3.8, 4) is 5.75 Å². The summed E-state index contributed by atoms with van der Waals surface area (Å²) in [5, 5.41) is 10.5. The highest BCUT2D eigenvalue weighted by Crippen LogP contribution is 2.22. The summed E-state index contributed by atoms with van der Waals surface area (Å²) in [6.07, 6.45) is 0.205. The zero-order valence-corrected chi connectivity index (χ0v) is 14.3. The van der Waals surface area contributed by atoms with Gasteiger partial charge in [-0.2, -0.15) is 4.31 Å². The lowest BCUT2D eigenvalue weighted by Crippen LogP contribution is -2.31. The summed E-state index contributed by atoms with van der Waals surface area (Å²) in [7, 11) is -0.834. The van der Waals surface area contributed by atoms with Gasteiger partial charge in [0.15, 0.2) is 0 Å². The van der Waals surface area contributed by atoms with Crippen LogP contribution >= 0.6 is 11.6 Å². The molecule has 23 heavy (non-hydrogen) atoms. The quantitative estimate of drug-likeness (QED) is 0.802. The first kappa shape index (κ1) is 17.7. The molecule has 8 heteroatoms. The van der Waals surface area contributed by atoms with E-state index in [1.807, 2.05) is 0 Å². The van der Waals surface area contributed by atoms with Gasteiger partial charge in [-0.05, 0) is 29.8 Å². The van der Waals surface area contributed by atoms with Crippen molar-refractivity contribution in [2.45, 2.75) is 11.0 Å². The van der Waals surface area contributed by atoms with Crippen LogP contribution in [0.25, 0.3) is 0 Å². The number of aromatic nitrogens is 1. The van der Waals surface area contributed by atoms with Crippen LogP contribution in [0.3, 0.4) is 0 Å². The topological polar surface area (TPSA) is 79.7 Å². The van der Waals surface area contributed by atoms with E-state index in [0.717, 1.165) is 4.31 Å². The minimum atomic E-state index is -3.75. The fourth-order valence-electron chi connectivity index (χ4n) is 1.99. The van der Waals surface area contributed by atoms with Crippen LogP contribution in [-0.2, 0) is 10.0 Å². The second kappa shape index (κ2) is 7.27. The van der Waals surface area contributed by atoms with Crippen LogP contribution in [0.15, 0.2) is 47.5 Å². The number of halogens is 1. The number of sulfonamides is 1. The van der Waals surface area contributed by atoms with Gasteiger partial charge in [0.05, 0.1) is 13.2 Å². The van der Waals surface area contributed by atoms with Crippen LogP contribution in [0.2, 0.25) is 5.15 Å². The van der Waals surface area contributed by atoms with E-state index in [1.165, 1.54) is 32.5 Å². The summed E-state index contributed by atoms with van der Waals surface area (Å²) in [5.74, 6) is 0.592. The molecule has 0 saturated carbocycles. The molecule has 0 bridgehead atoms. The highest BCUT2D eigenvalue weighted by atomic mass is 35.5. The average molecular weight is 357 g/mol. The number of nitrogens with zero attached hydrogens (tertiary/aromatic N) is 2. The van der Waals surface area contributed by atoms with Crippen molar-refractivity contribution in [3.63, 3.8) is 0 Å². The predicted octanol–water partition coefficient (Wildman–Crippen LogP) is 2.10. The molecule has 6 nitrogen and oxygen atoms in total. The predicted molar refractivity (Wildman–Crippen MR) is 87.0 cm³/mol. The molecule has 0 aliphatic carbocycles. The largest absolute Gasteiger partial charge is 0.497 e. The fourth-order valence-corrected chi connectivity index (χ4v) is 3.23. The van der Waals surface area contributed by atoms with E-state index in [-0.39, 0.29) is 16.6 Å². The van der Waals surface area contributed by atoms with Crippen LogP contribution in [0.5, 0.6) is 5.75 Å². The zero-order chi connectivity index (χ0) is 17.0. The minimum absolute atomic E-state index is 0.0160. The second-order valence-electron chi connectivity index (χ2n) is 4.89. The Hall–Kier alpha value is -1.67. The van der Waals surface area contributed by atoms with Gasteiger partial charge in [0.2, 0.25) is 10.0 Å². The Morgan fingerprint density at radius 2 is 2.09 bits per heavy atom. The molecule has 1 aromatic heterocycles. The molecular formula is C15H17ClN2O4S. The van der Waals surface area contributed by atoms with Gasteiger partial charge in [0, 0.05) is 19.8 Å². The average Bonchev–Trinajstić information content (AvgIpc) is 2.55. The number of aliphatic hydroxyl groups is 1. The van der Waals surface area contributed by atoms with E-state index in [2.05, 4.69) is 4.98 Å². The van der Waals surface area contributed by atoms with Gasteiger partial charge in [-0.15, -0.1) is 0 Å². The van der Waals surface area contributed by atoms with Crippen LogP contribution < -0.4 is 4.74 Å². The van der Waals surface area contributed by atoms with Crippen LogP contribution in [0, 0.1) is 0 Å². The number of methoxy groups -OCH3 is 1. The number of hydrogen-bond acceptors (Lipinski definition) is 5. The molecule has 2 aromatic rings. The number of ether oxygens (including phenoxy) is 1. The molecule has 0 aliphatic rings. The molecule has 1 unspecified atom stereocenters. The van der Waals surface area contributed by atoms with E-state index in [0.29, 0.717) is 11.3 Å². The molecule has 124 valence electrons. The van der Waals surface area contributed by atoms with Crippen LogP contribution in [0.1, 0.15) is 11.7 Å². The maximum atomic E-state index is 12.4. The van der Waals surface area contributed by atoms with Crippen LogP contribution in [0.4, 0.5) is 0 Å². The Kier molecular flexibility index (Phi) is 5.59. The molecule has 0 fully saturated rings. The van der Waals surface area contributed by atoms with E-state index >= 15 is 0 Å². The Balaban J connectivity index is 2.16. The van der Waals surface area contributed by atoms with Crippen molar-refractivity contribution in [2.75, 3.05) is 20.7 Å². The molecule has 1 aromatic carbocycles. The smallest absolute Gasteiger partial charge is 0.244 e. The molecule has 1 atom stereocenters. The fraction of sp³-hybridized carbons (Fsp3) is 0.267. The Labute approximate surface area is 140 Å². The third-order valence-corrected chi connectivity index (χ3v) is 5.35. The van der Waals surface area contributed by atoms with Crippen molar-refractivity contribution < 1.29 is 18.3 Å². The number of hydrogen-bond donors (Lipinski definition) is 1. The number of benzene rings is 1. The molecule has 1 heterocycles. The van der Waals surface area contributed by atoms with Gasteiger partial charge in [-0.1, -0.05) is 23.7 Å². The molecule has 0 spiro atoms. The van der Waals surface area contributed by atoms with E-state index < -0.39 is 16.1 Å². The molecular weight excluding hydrogens is 340 g/mol. The lowest BCUT2D eigenvalue weighted by molar-refractivity contribution is 0.154. The first-order valence-corrected chi connectivity index (χ1v) is 8.56. The monoisotopic (exact) mass is 356 g/mol. The Morgan fingerprint density at radius 1 is 1.35 bits per heavy atom. The third-order valence-electron chi connectivity index (χ3n) is 3.32. The van der Waals surface area contributed by atoms with Gasteiger partial charge >= 0.3 is 0 Å². The van der Waals surface area contributed by atoms with Gasteiger partial charge in [-0.3, -0.25) is 0 Å². The summed E-state index contributed by atoms with van der Waals surface area (Å²) in [5.41, 5.74) is 0.570. The SMILES string of the molecule is COc1cccc(C(O)CN(C)S(=O)(=O)c2ccc(Cl)nc2)c1. The maximum absolute atomic E-state index is 12.4. The van der Waals surface area contributed by atoms with Gasteiger partial charge in [0.1, 0.15) is 15.8 Å². The van der Waals surface area contributed by atoms with Gasteiger partial charge < -0.3 is 9.84 Å². The van der Waals surface area contributed by atoms with Crippen molar-refractivity contribution in [1.82, 2.24) is 9.29 Å². The number of rotatable bonds is 6. The van der Waals surface area contributed by atoms with Crippen LogP contribution in [-0.4, -0.2) is 43.5 Å². The first-order valence-electron chi connectivity index (χ1n) is 6.74. The molecule has 1 N–H and O–H groups in total. The second-order valence-corrected chi connectivity index (χ2v) is 7.33. The van der Waals surface area contributed by atoms with E-state index in [9.17, 15) is 13.5 Å². The maximum Gasteiger partial charge on any atom is 0.244 e. The van der Waals surface area contributed by atoms with Crippen molar-refractivity contribution in [3.05, 3.63) is 53.3 Å². The Bertz CT molecular complexity index is 765. The number of aliphatic hydroxyl groups excluding tert-OH is 1. The molecule has 0 saturated heterocycles. The molecule has 0 radical (unpaired) electrons. The normalized spacial score (nSPS) is 13.1. The highest BCUT2D eigenvalue weighted by molar-refractivity contribution is 7.89. The van der Waals surface area contributed by atoms with Crippen molar-refractivity contribution in [1.29, 1.82) is 0 Å². The van der Waals surface area contributed by atoms with Crippen molar-refractivity contribution >= 4 is 21.6 Å². The van der Waals surface area contributed by atoms with Gasteiger partial charge in [0.25, 0.3) is 0 Å². The standard InChI is InChI=1S/C15H17ClN2O4S/c1-18(23(20,21)13-6-7-15(16)17-9-13)10-14(19)11-4-3-5-12(8-11)22-2/h3-9,14,19H,10H2,1-2H3. The van der Waals surface area contributed by atoms with E-state index in [4.69, 9.17) is 16.3 Å². The molecule has 0 aliphatic heterocycles. The lowest BCUT2D eigenvalue weighted by Gasteiger charge is -2.21. The van der Waals surface area contributed by atoms with Gasteiger partial charge in [-0.25, -0.2) is 13.4 Å². The number of likely N-dealkylation sites (N-methyl/N-ethyl adjacent to an activating group) is 1. The number of pyridine rings is 1. The molecule has 2 rings (SSSR count). The Morgan fingerprint density at radius 3 is 2.70 bits per heavy atom.